The van der Waals surface area contributed by atoms with Gasteiger partial charge >= 0.3 is 5.97 Å². The molecule has 0 aliphatic rings. The molecular formula is C11H21N3O4. The van der Waals surface area contributed by atoms with Crippen molar-refractivity contribution in [3.8, 4) is 0 Å². The zero-order valence-electron chi connectivity index (χ0n) is 10.6. The van der Waals surface area contributed by atoms with Crippen molar-refractivity contribution in [1.82, 2.24) is 10.6 Å². The molecule has 0 heterocycles. The number of nitrogens with two attached hydrogens (primary N) is 1. The second-order valence-corrected chi connectivity index (χ2v) is 3.93. The lowest BCUT2D eigenvalue weighted by atomic mass is 10.1. The van der Waals surface area contributed by atoms with Gasteiger partial charge in [0.25, 0.3) is 0 Å². The van der Waals surface area contributed by atoms with E-state index in [1.807, 2.05) is 6.92 Å². The van der Waals surface area contributed by atoms with Crippen LogP contribution in [0.3, 0.4) is 0 Å². The number of carboxylic acid groups (broad SMARTS) is 1. The Morgan fingerprint density at radius 3 is 2.33 bits per heavy atom. The number of aliphatic carboxylic acids is 1. The van der Waals surface area contributed by atoms with Crippen molar-refractivity contribution in [3.63, 3.8) is 0 Å². The fourth-order valence-corrected chi connectivity index (χ4v) is 1.24. The zero-order chi connectivity index (χ0) is 14.0. The Labute approximate surface area is 106 Å². The molecule has 0 aliphatic heterocycles. The number of carbonyl (C=O) groups is 3. The predicted octanol–water partition coefficient (Wildman–Crippen LogP) is -0.789. The molecule has 5 N–H and O–H groups in total. The molecule has 7 nitrogen and oxygen atoms in total. The van der Waals surface area contributed by atoms with Crippen molar-refractivity contribution in [2.75, 3.05) is 13.1 Å². The van der Waals surface area contributed by atoms with Gasteiger partial charge in [0.1, 0.15) is 0 Å². The topological polar surface area (TPSA) is 122 Å². The van der Waals surface area contributed by atoms with Crippen molar-refractivity contribution in [2.24, 2.45) is 5.73 Å². The molecule has 104 valence electrons. The normalized spacial score (nSPS) is 11.7. The molecule has 2 amide bonds. The molecule has 0 rings (SSSR count). The first kappa shape index (κ1) is 16.4. The maximum atomic E-state index is 11.4. The van der Waals surface area contributed by atoms with E-state index in [1.54, 1.807) is 0 Å². The molecule has 0 saturated heterocycles. The van der Waals surface area contributed by atoms with E-state index in [2.05, 4.69) is 10.6 Å². The Balaban J connectivity index is 3.63. The molecule has 0 aromatic carbocycles. The number of hydrogen-bond donors (Lipinski definition) is 4. The monoisotopic (exact) mass is 259 g/mol. The van der Waals surface area contributed by atoms with Crippen LogP contribution in [0.5, 0.6) is 0 Å². The average Bonchev–Trinajstić information content (AvgIpc) is 2.31. The minimum Gasteiger partial charge on any atom is -0.481 e. The lowest BCUT2D eigenvalue weighted by molar-refractivity contribution is -0.137. The molecule has 0 bridgehead atoms. The Morgan fingerprint density at radius 1 is 1.17 bits per heavy atom. The molecule has 0 unspecified atom stereocenters. The van der Waals surface area contributed by atoms with E-state index in [0.29, 0.717) is 13.0 Å². The molecule has 0 fully saturated rings. The van der Waals surface area contributed by atoms with Gasteiger partial charge in [-0.2, -0.15) is 0 Å². The maximum Gasteiger partial charge on any atom is 0.303 e. The fourth-order valence-electron chi connectivity index (χ4n) is 1.24. The quantitative estimate of drug-likeness (QED) is 0.404. The highest BCUT2D eigenvalue weighted by atomic mass is 16.4. The second-order valence-electron chi connectivity index (χ2n) is 3.93. The van der Waals surface area contributed by atoms with Crippen molar-refractivity contribution in [1.29, 1.82) is 0 Å². The lowest BCUT2D eigenvalue weighted by Gasteiger charge is -2.11. The number of rotatable bonds is 9. The minimum absolute atomic E-state index is 0.0538. The van der Waals surface area contributed by atoms with E-state index < -0.39 is 17.9 Å². The van der Waals surface area contributed by atoms with Crippen LogP contribution in [0.1, 0.15) is 32.6 Å². The fraction of sp³-hybridized carbons (Fsp3) is 0.727. The summed E-state index contributed by atoms with van der Waals surface area (Å²) in [4.78, 5) is 32.8. The zero-order valence-corrected chi connectivity index (χ0v) is 10.6. The highest BCUT2D eigenvalue weighted by molar-refractivity contribution is 5.82. The number of nitrogens with one attached hydrogen (secondary N) is 2. The number of hydrogen-bond acceptors (Lipinski definition) is 4. The summed E-state index contributed by atoms with van der Waals surface area (Å²) in [6.45, 7) is 2.54. The van der Waals surface area contributed by atoms with Crippen LogP contribution >= 0.6 is 0 Å². The Bertz CT molecular complexity index is 294. The van der Waals surface area contributed by atoms with Gasteiger partial charge in [0.05, 0.1) is 6.04 Å². The number of carboxylic acids is 1. The van der Waals surface area contributed by atoms with Gasteiger partial charge in [-0.25, -0.2) is 0 Å². The van der Waals surface area contributed by atoms with Crippen LogP contribution in [0.15, 0.2) is 0 Å². The number of amides is 2. The Kier molecular flexibility index (Phi) is 8.55. The third kappa shape index (κ3) is 8.51. The first-order valence-corrected chi connectivity index (χ1v) is 5.99. The summed E-state index contributed by atoms with van der Waals surface area (Å²) < 4.78 is 0. The van der Waals surface area contributed by atoms with Gasteiger partial charge < -0.3 is 21.5 Å². The van der Waals surface area contributed by atoms with Crippen LogP contribution in [0.4, 0.5) is 0 Å². The molecular weight excluding hydrogens is 238 g/mol. The molecule has 7 heteroatoms. The molecule has 0 aliphatic carbocycles. The van der Waals surface area contributed by atoms with Crippen LogP contribution in [-0.2, 0) is 14.4 Å². The Morgan fingerprint density at radius 2 is 1.78 bits per heavy atom. The molecule has 0 aromatic heterocycles. The summed E-state index contributed by atoms with van der Waals surface area (Å²) in [5.74, 6) is -1.44. The highest BCUT2D eigenvalue weighted by Gasteiger charge is 2.14. The lowest BCUT2D eigenvalue weighted by Crippen LogP contribution is -2.43. The third-order valence-corrected chi connectivity index (χ3v) is 2.23. The van der Waals surface area contributed by atoms with E-state index in [1.165, 1.54) is 0 Å². The van der Waals surface area contributed by atoms with Crippen LogP contribution in [0.2, 0.25) is 0 Å². The summed E-state index contributed by atoms with van der Waals surface area (Å²) >= 11 is 0. The van der Waals surface area contributed by atoms with Gasteiger partial charge in [-0.15, -0.1) is 0 Å². The van der Waals surface area contributed by atoms with Gasteiger partial charge in [-0.05, 0) is 12.8 Å². The summed E-state index contributed by atoms with van der Waals surface area (Å²) in [6.07, 6.45) is 1.20. The van der Waals surface area contributed by atoms with Crippen LogP contribution in [0.25, 0.3) is 0 Å². The van der Waals surface area contributed by atoms with Gasteiger partial charge in [0, 0.05) is 25.9 Å². The predicted molar refractivity (Wildman–Crippen MR) is 65.8 cm³/mol. The molecule has 0 aromatic rings. The minimum atomic E-state index is -0.981. The van der Waals surface area contributed by atoms with Crippen molar-refractivity contribution < 1.29 is 19.5 Å². The van der Waals surface area contributed by atoms with Crippen molar-refractivity contribution >= 4 is 17.8 Å². The first-order valence-electron chi connectivity index (χ1n) is 5.99. The molecule has 0 spiro atoms. The van der Waals surface area contributed by atoms with Gasteiger partial charge in [0.2, 0.25) is 11.8 Å². The van der Waals surface area contributed by atoms with Crippen LogP contribution < -0.4 is 16.4 Å². The van der Waals surface area contributed by atoms with Gasteiger partial charge in [-0.3, -0.25) is 14.4 Å². The summed E-state index contributed by atoms with van der Waals surface area (Å²) in [5.41, 5.74) is 5.49. The molecule has 0 saturated carbocycles. The van der Waals surface area contributed by atoms with E-state index in [9.17, 15) is 14.4 Å². The molecule has 0 radical (unpaired) electrons. The van der Waals surface area contributed by atoms with Gasteiger partial charge in [-0.1, -0.05) is 6.92 Å². The summed E-state index contributed by atoms with van der Waals surface area (Å²) in [5, 5.41) is 13.6. The average molecular weight is 259 g/mol. The van der Waals surface area contributed by atoms with E-state index >= 15 is 0 Å². The second kappa shape index (κ2) is 9.41. The standard InChI is InChI=1S/C11H21N3O4/c1-2-3-9(15)13-6-7-14-11(18)8(12)4-5-10(16)17/h8H,2-7,12H2,1H3,(H,13,15)(H,14,18)(H,16,17)/t8-/m0/s1. The largest absolute Gasteiger partial charge is 0.481 e. The number of carbonyl (C=O) groups excluding carboxylic acids is 2. The molecule has 18 heavy (non-hydrogen) atoms. The molecule has 1 atom stereocenters. The van der Waals surface area contributed by atoms with Crippen molar-refractivity contribution in [2.45, 2.75) is 38.6 Å². The van der Waals surface area contributed by atoms with E-state index in [-0.39, 0.29) is 25.3 Å². The highest BCUT2D eigenvalue weighted by Crippen LogP contribution is 1.94. The van der Waals surface area contributed by atoms with E-state index in [4.69, 9.17) is 10.8 Å². The summed E-state index contributed by atoms with van der Waals surface area (Å²) in [6, 6.07) is -0.826. The van der Waals surface area contributed by atoms with Crippen LogP contribution in [0, 0.1) is 0 Å². The van der Waals surface area contributed by atoms with Crippen molar-refractivity contribution in [3.05, 3.63) is 0 Å². The van der Waals surface area contributed by atoms with E-state index in [0.717, 1.165) is 6.42 Å². The summed E-state index contributed by atoms with van der Waals surface area (Å²) in [7, 11) is 0. The third-order valence-electron chi connectivity index (χ3n) is 2.23. The van der Waals surface area contributed by atoms with Gasteiger partial charge in [0.15, 0.2) is 0 Å². The Hall–Kier alpha value is -1.63. The van der Waals surface area contributed by atoms with Crippen LogP contribution in [-0.4, -0.2) is 42.0 Å². The maximum absolute atomic E-state index is 11.4. The first-order chi connectivity index (χ1) is 8.47. The SMILES string of the molecule is CCCC(=O)NCCNC(=O)[C@@H](N)CCC(=O)O. The smallest absolute Gasteiger partial charge is 0.303 e.